The maximum atomic E-state index is 12.8. The molecule has 3 rings (SSSR count). The monoisotopic (exact) mass is 338 g/mol. The summed E-state index contributed by atoms with van der Waals surface area (Å²) in [5, 5.41) is 14.9. The molecule has 130 valence electrons. The van der Waals surface area contributed by atoms with Crippen LogP contribution in [0.1, 0.15) is 29.1 Å². The predicted octanol–water partition coefficient (Wildman–Crippen LogP) is 3.04. The van der Waals surface area contributed by atoms with Crippen molar-refractivity contribution in [2.45, 2.75) is 13.0 Å². The maximum Gasteiger partial charge on any atom is 0.255 e. The number of fused-ring (bicyclic) bond motifs is 1. The lowest BCUT2D eigenvalue weighted by Crippen LogP contribution is -2.29. The second kappa shape index (κ2) is 7.40. The normalized spacial score (nSPS) is 12.1. The van der Waals surface area contributed by atoms with Crippen LogP contribution in [0.4, 0.5) is 0 Å². The molecule has 0 bridgehead atoms. The van der Waals surface area contributed by atoms with Gasteiger partial charge in [-0.1, -0.05) is 30.3 Å². The van der Waals surface area contributed by atoms with Crippen molar-refractivity contribution in [1.29, 1.82) is 0 Å². The van der Waals surface area contributed by atoms with E-state index < -0.39 is 6.10 Å². The zero-order chi connectivity index (χ0) is 17.8. The summed E-state index contributed by atoms with van der Waals surface area (Å²) in [7, 11) is 1.86. The second-order valence-electron chi connectivity index (χ2n) is 5.86. The van der Waals surface area contributed by atoms with E-state index in [2.05, 4.69) is 5.32 Å². The molecule has 0 radical (unpaired) electrons. The van der Waals surface area contributed by atoms with Gasteiger partial charge in [-0.15, -0.1) is 0 Å². The van der Waals surface area contributed by atoms with Gasteiger partial charge in [0, 0.05) is 25.5 Å². The molecule has 2 N–H and O–H groups in total. The van der Waals surface area contributed by atoms with Crippen LogP contribution in [0.5, 0.6) is 5.75 Å². The molecule has 3 aromatic rings. The fourth-order valence-corrected chi connectivity index (χ4v) is 2.96. The summed E-state index contributed by atoms with van der Waals surface area (Å²) in [4.78, 5) is 12.8. The number of rotatable bonds is 6. The van der Waals surface area contributed by atoms with Gasteiger partial charge in [-0.05, 0) is 35.9 Å². The van der Waals surface area contributed by atoms with Crippen LogP contribution < -0.4 is 10.1 Å². The molecule has 5 heteroatoms. The van der Waals surface area contributed by atoms with Gasteiger partial charge in [-0.2, -0.15) is 0 Å². The number of aryl methyl sites for hydroxylation is 1. The molecule has 1 aromatic heterocycles. The summed E-state index contributed by atoms with van der Waals surface area (Å²) in [5.74, 6) is 0.292. The highest BCUT2D eigenvalue weighted by Crippen LogP contribution is 2.28. The summed E-state index contributed by atoms with van der Waals surface area (Å²) in [6, 6.07) is 15.1. The van der Waals surface area contributed by atoms with Gasteiger partial charge in [0.1, 0.15) is 11.9 Å². The van der Waals surface area contributed by atoms with Crippen molar-refractivity contribution in [3.8, 4) is 5.75 Å². The van der Waals surface area contributed by atoms with Crippen molar-refractivity contribution in [3.05, 3.63) is 66.0 Å². The molecule has 1 atom stereocenters. The van der Waals surface area contributed by atoms with Crippen molar-refractivity contribution in [1.82, 2.24) is 9.88 Å². The third-order valence-corrected chi connectivity index (χ3v) is 4.20. The number of carbonyl (C=O) groups is 1. The Kier molecular flexibility index (Phi) is 5.05. The number of aliphatic hydroxyl groups is 1. The van der Waals surface area contributed by atoms with Crippen molar-refractivity contribution >= 4 is 16.7 Å². The fraction of sp³-hybridized carbons (Fsp3) is 0.250. The molecule has 0 saturated carbocycles. The first-order valence-electron chi connectivity index (χ1n) is 8.34. The molecule has 0 aliphatic heterocycles. The summed E-state index contributed by atoms with van der Waals surface area (Å²) >= 11 is 0. The van der Waals surface area contributed by atoms with Crippen molar-refractivity contribution in [2.24, 2.45) is 7.05 Å². The Morgan fingerprint density at radius 2 is 2.00 bits per heavy atom. The third kappa shape index (κ3) is 3.51. The average molecular weight is 338 g/mol. The molecule has 0 aliphatic rings. The van der Waals surface area contributed by atoms with E-state index in [9.17, 15) is 9.90 Å². The topological polar surface area (TPSA) is 63.5 Å². The van der Waals surface area contributed by atoms with Gasteiger partial charge in [0.15, 0.2) is 0 Å². The summed E-state index contributed by atoms with van der Waals surface area (Å²) in [6.45, 7) is 2.49. The van der Waals surface area contributed by atoms with Gasteiger partial charge in [-0.25, -0.2) is 0 Å². The van der Waals surface area contributed by atoms with E-state index in [0.717, 1.165) is 16.5 Å². The maximum absolute atomic E-state index is 12.8. The van der Waals surface area contributed by atoms with E-state index >= 15 is 0 Å². The van der Waals surface area contributed by atoms with E-state index in [-0.39, 0.29) is 12.5 Å². The minimum atomic E-state index is -0.769. The number of amides is 1. The molecule has 0 spiro atoms. The number of benzene rings is 2. The van der Waals surface area contributed by atoms with Crippen LogP contribution >= 0.6 is 0 Å². The molecule has 0 saturated heterocycles. The first-order chi connectivity index (χ1) is 12.1. The number of aliphatic hydroxyl groups excluding tert-OH is 1. The van der Waals surface area contributed by atoms with Crippen LogP contribution in [0.15, 0.2) is 54.7 Å². The molecule has 25 heavy (non-hydrogen) atoms. The zero-order valence-electron chi connectivity index (χ0n) is 14.4. The minimum Gasteiger partial charge on any atom is -0.493 e. The molecule has 5 nitrogen and oxygen atoms in total. The van der Waals surface area contributed by atoms with Gasteiger partial charge in [0.2, 0.25) is 0 Å². The molecule has 2 aromatic carbocycles. The molecular formula is C20H22N2O3. The van der Waals surface area contributed by atoms with E-state index in [4.69, 9.17) is 4.74 Å². The lowest BCUT2D eigenvalue weighted by atomic mass is 10.0. The predicted molar refractivity (Wildman–Crippen MR) is 97.8 cm³/mol. The smallest absolute Gasteiger partial charge is 0.255 e. The number of hydrogen-bond donors (Lipinski definition) is 2. The number of nitrogens with one attached hydrogen (secondary N) is 1. The lowest BCUT2D eigenvalue weighted by Gasteiger charge is -2.16. The Hall–Kier alpha value is -2.79. The van der Waals surface area contributed by atoms with Gasteiger partial charge in [-0.3, -0.25) is 4.79 Å². The lowest BCUT2D eigenvalue weighted by molar-refractivity contribution is 0.0910. The van der Waals surface area contributed by atoms with Crippen molar-refractivity contribution in [3.63, 3.8) is 0 Å². The fourth-order valence-electron chi connectivity index (χ4n) is 2.96. The minimum absolute atomic E-state index is 0.130. The Bertz CT molecular complexity index is 886. The first-order valence-corrected chi connectivity index (χ1v) is 8.34. The Morgan fingerprint density at radius 1 is 1.20 bits per heavy atom. The van der Waals surface area contributed by atoms with E-state index in [1.165, 1.54) is 0 Å². The van der Waals surface area contributed by atoms with E-state index in [0.29, 0.717) is 17.9 Å². The Labute approximate surface area is 146 Å². The van der Waals surface area contributed by atoms with Crippen LogP contribution in [0, 0.1) is 0 Å². The van der Waals surface area contributed by atoms with Crippen LogP contribution in [-0.2, 0) is 7.05 Å². The molecule has 1 unspecified atom stereocenters. The van der Waals surface area contributed by atoms with Gasteiger partial charge in [0.25, 0.3) is 5.91 Å². The van der Waals surface area contributed by atoms with Crippen LogP contribution in [-0.4, -0.2) is 28.7 Å². The van der Waals surface area contributed by atoms with Crippen LogP contribution in [0.3, 0.4) is 0 Å². The summed E-state index contributed by atoms with van der Waals surface area (Å²) in [6.07, 6.45) is 1.09. The number of hydrogen-bond acceptors (Lipinski definition) is 3. The summed E-state index contributed by atoms with van der Waals surface area (Å²) in [5.41, 5.74) is 1.25. The van der Waals surface area contributed by atoms with Gasteiger partial charge < -0.3 is 19.7 Å². The molecular weight excluding hydrogens is 316 g/mol. The van der Waals surface area contributed by atoms with Gasteiger partial charge in [0.05, 0.1) is 12.2 Å². The highest BCUT2D eigenvalue weighted by Gasteiger charge is 2.18. The average Bonchev–Trinajstić information content (AvgIpc) is 3.05. The largest absolute Gasteiger partial charge is 0.493 e. The van der Waals surface area contributed by atoms with Crippen molar-refractivity contribution < 1.29 is 14.6 Å². The highest BCUT2D eigenvalue weighted by atomic mass is 16.5. The molecule has 1 amide bonds. The SMILES string of the molecule is CCOc1ccc2ccccc2c1C(=O)NCC(O)c1cccn1C. The van der Waals surface area contributed by atoms with Gasteiger partial charge >= 0.3 is 0 Å². The number of ether oxygens (including phenoxy) is 1. The molecule has 0 fully saturated rings. The zero-order valence-corrected chi connectivity index (χ0v) is 14.4. The standard InChI is InChI=1S/C20H22N2O3/c1-3-25-18-11-10-14-7-4-5-8-15(14)19(18)20(24)21-13-17(23)16-9-6-12-22(16)2/h4-12,17,23H,3,13H2,1-2H3,(H,21,24). The first kappa shape index (κ1) is 17.0. The molecule has 0 aliphatic carbocycles. The van der Waals surface area contributed by atoms with E-state index in [1.807, 2.05) is 73.3 Å². The number of nitrogens with zero attached hydrogens (tertiary/aromatic N) is 1. The third-order valence-electron chi connectivity index (χ3n) is 4.20. The summed E-state index contributed by atoms with van der Waals surface area (Å²) < 4.78 is 7.47. The Morgan fingerprint density at radius 3 is 2.72 bits per heavy atom. The Balaban J connectivity index is 1.86. The second-order valence-corrected chi connectivity index (χ2v) is 5.86. The van der Waals surface area contributed by atoms with Crippen LogP contribution in [0.2, 0.25) is 0 Å². The van der Waals surface area contributed by atoms with Crippen LogP contribution in [0.25, 0.3) is 10.8 Å². The molecule has 1 heterocycles. The quantitative estimate of drug-likeness (QED) is 0.726. The number of carbonyl (C=O) groups excluding carboxylic acids is 1. The van der Waals surface area contributed by atoms with E-state index in [1.54, 1.807) is 0 Å². The van der Waals surface area contributed by atoms with Crippen molar-refractivity contribution in [2.75, 3.05) is 13.2 Å². The highest BCUT2D eigenvalue weighted by molar-refractivity contribution is 6.09. The number of aromatic nitrogens is 1.